The summed E-state index contributed by atoms with van der Waals surface area (Å²) < 4.78 is 30.2. The first-order valence-corrected chi connectivity index (χ1v) is 4.51. The molecule has 0 aliphatic carbocycles. The Bertz CT molecular complexity index is 441. The van der Waals surface area contributed by atoms with Crippen LogP contribution in [-0.2, 0) is 16.0 Å². The molecule has 0 unspecified atom stereocenters. The molecule has 0 saturated carbocycles. The van der Waals surface area contributed by atoms with E-state index in [9.17, 15) is 18.4 Å². The molecule has 5 heteroatoms. The van der Waals surface area contributed by atoms with Gasteiger partial charge in [0.15, 0.2) is 17.4 Å². The van der Waals surface area contributed by atoms with Gasteiger partial charge in [0.25, 0.3) is 0 Å². The number of rotatable bonds is 3. The standard InChI is InChI=1S/C11H10F2O3/c1-6(14)8-5-10(13)9(12)3-7(8)4-11(15)16-2/h3,5H,4H2,1-2H3. The molecule has 0 aliphatic rings. The summed E-state index contributed by atoms with van der Waals surface area (Å²) in [4.78, 5) is 22.2. The van der Waals surface area contributed by atoms with Gasteiger partial charge in [-0.1, -0.05) is 0 Å². The van der Waals surface area contributed by atoms with Gasteiger partial charge in [-0.3, -0.25) is 9.59 Å². The van der Waals surface area contributed by atoms with Crippen LogP contribution in [-0.4, -0.2) is 18.9 Å². The van der Waals surface area contributed by atoms with Crippen LogP contribution in [0, 0.1) is 11.6 Å². The number of halogens is 2. The third-order valence-corrected chi connectivity index (χ3v) is 2.09. The lowest BCUT2D eigenvalue weighted by molar-refractivity contribution is -0.139. The summed E-state index contributed by atoms with van der Waals surface area (Å²) in [6.07, 6.45) is -0.261. The smallest absolute Gasteiger partial charge is 0.310 e. The minimum atomic E-state index is -1.11. The van der Waals surface area contributed by atoms with Crippen LogP contribution in [0.25, 0.3) is 0 Å². The normalized spacial score (nSPS) is 10.0. The molecule has 0 atom stereocenters. The van der Waals surface area contributed by atoms with Crippen molar-refractivity contribution in [2.75, 3.05) is 7.11 Å². The molecule has 86 valence electrons. The second-order valence-corrected chi connectivity index (χ2v) is 3.23. The van der Waals surface area contributed by atoms with E-state index in [1.807, 2.05) is 0 Å². The van der Waals surface area contributed by atoms with Crippen molar-refractivity contribution < 1.29 is 23.1 Å². The molecule has 0 spiro atoms. The molecular weight excluding hydrogens is 218 g/mol. The van der Waals surface area contributed by atoms with Gasteiger partial charge in [0.05, 0.1) is 13.5 Å². The summed E-state index contributed by atoms with van der Waals surface area (Å²) in [6, 6.07) is 1.62. The number of carbonyl (C=O) groups excluding carboxylic acids is 2. The van der Waals surface area contributed by atoms with Crippen LogP contribution in [0.3, 0.4) is 0 Å². The second kappa shape index (κ2) is 4.83. The third-order valence-electron chi connectivity index (χ3n) is 2.09. The Balaban J connectivity index is 3.19. The topological polar surface area (TPSA) is 43.4 Å². The summed E-state index contributed by atoms with van der Waals surface area (Å²) >= 11 is 0. The third kappa shape index (κ3) is 2.62. The number of carbonyl (C=O) groups is 2. The number of methoxy groups -OCH3 is 1. The zero-order valence-corrected chi connectivity index (χ0v) is 8.84. The van der Waals surface area contributed by atoms with Crippen molar-refractivity contribution in [3.05, 3.63) is 34.9 Å². The number of benzene rings is 1. The summed E-state index contributed by atoms with van der Waals surface area (Å²) in [5.41, 5.74) is 0.113. The van der Waals surface area contributed by atoms with Gasteiger partial charge in [-0.25, -0.2) is 8.78 Å². The van der Waals surface area contributed by atoms with Crippen molar-refractivity contribution in [1.29, 1.82) is 0 Å². The van der Waals surface area contributed by atoms with Crippen LogP contribution in [0.15, 0.2) is 12.1 Å². The van der Waals surface area contributed by atoms with Gasteiger partial charge < -0.3 is 4.74 Å². The van der Waals surface area contributed by atoms with E-state index in [1.165, 1.54) is 14.0 Å². The van der Waals surface area contributed by atoms with E-state index in [0.717, 1.165) is 12.1 Å². The van der Waals surface area contributed by atoms with Crippen LogP contribution < -0.4 is 0 Å². The number of hydrogen-bond acceptors (Lipinski definition) is 3. The fourth-order valence-corrected chi connectivity index (χ4v) is 1.29. The fraction of sp³-hybridized carbons (Fsp3) is 0.273. The Morgan fingerprint density at radius 3 is 2.31 bits per heavy atom. The van der Waals surface area contributed by atoms with Crippen molar-refractivity contribution in [3.63, 3.8) is 0 Å². The van der Waals surface area contributed by atoms with E-state index in [0.29, 0.717) is 0 Å². The average molecular weight is 228 g/mol. The Labute approximate surface area is 91.0 Å². The van der Waals surface area contributed by atoms with E-state index in [2.05, 4.69) is 4.74 Å². The Kier molecular flexibility index (Phi) is 3.71. The summed E-state index contributed by atoms with van der Waals surface area (Å²) in [5.74, 6) is -3.26. The molecule has 3 nitrogen and oxygen atoms in total. The van der Waals surface area contributed by atoms with Crippen molar-refractivity contribution in [2.24, 2.45) is 0 Å². The van der Waals surface area contributed by atoms with Crippen LogP contribution >= 0.6 is 0 Å². The highest BCUT2D eigenvalue weighted by Gasteiger charge is 2.15. The Hall–Kier alpha value is -1.78. The number of hydrogen-bond donors (Lipinski definition) is 0. The first-order chi connectivity index (χ1) is 7.45. The lowest BCUT2D eigenvalue weighted by Gasteiger charge is -2.06. The first-order valence-electron chi connectivity index (χ1n) is 4.51. The number of esters is 1. The molecule has 0 fully saturated rings. The molecule has 1 aromatic rings. The number of Topliss-reactive ketones (excluding diaryl/α,β-unsaturated/α-hetero) is 1. The number of ether oxygens (including phenoxy) is 1. The van der Waals surface area contributed by atoms with Gasteiger partial charge in [0, 0.05) is 5.56 Å². The molecule has 16 heavy (non-hydrogen) atoms. The van der Waals surface area contributed by atoms with E-state index in [-0.39, 0.29) is 17.5 Å². The zero-order chi connectivity index (χ0) is 12.3. The molecule has 0 radical (unpaired) electrons. The predicted molar refractivity (Wildman–Crippen MR) is 52.1 cm³/mol. The van der Waals surface area contributed by atoms with Crippen LogP contribution in [0.4, 0.5) is 8.78 Å². The minimum Gasteiger partial charge on any atom is -0.469 e. The van der Waals surface area contributed by atoms with Gasteiger partial charge in [0.2, 0.25) is 0 Å². The predicted octanol–water partition coefficient (Wildman–Crippen LogP) is 1.88. The van der Waals surface area contributed by atoms with Gasteiger partial charge >= 0.3 is 5.97 Å². The van der Waals surface area contributed by atoms with E-state index < -0.39 is 23.4 Å². The van der Waals surface area contributed by atoms with E-state index in [4.69, 9.17) is 0 Å². The van der Waals surface area contributed by atoms with Crippen molar-refractivity contribution in [2.45, 2.75) is 13.3 Å². The highest BCUT2D eigenvalue weighted by molar-refractivity contribution is 5.96. The summed E-state index contributed by atoms with van der Waals surface area (Å²) in [6.45, 7) is 1.22. The van der Waals surface area contributed by atoms with Gasteiger partial charge in [-0.05, 0) is 24.6 Å². The average Bonchev–Trinajstić information content (AvgIpc) is 2.22. The first kappa shape index (κ1) is 12.3. The fourth-order valence-electron chi connectivity index (χ4n) is 1.29. The second-order valence-electron chi connectivity index (χ2n) is 3.23. The molecule has 0 saturated heterocycles. The molecule has 1 aromatic carbocycles. The highest BCUT2D eigenvalue weighted by Crippen LogP contribution is 2.16. The number of ketones is 1. The summed E-state index contributed by atoms with van der Waals surface area (Å²) in [7, 11) is 1.18. The van der Waals surface area contributed by atoms with E-state index >= 15 is 0 Å². The maximum Gasteiger partial charge on any atom is 0.310 e. The molecule has 0 N–H and O–H groups in total. The quantitative estimate of drug-likeness (QED) is 0.586. The van der Waals surface area contributed by atoms with E-state index in [1.54, 1.807) is 0 Å². The monoisotopic (exact) mass is 228 g/mol. The molecule has 0 aliphatic heterocycles. The lowest BCUT2D eigenvalue weighted by atomic mass is 10.0. The zero-order valence-electron chi connectivity index (χ0n) is 8.84. The summed E-state index contributed by atoms with van der Waals surface area (Å²) in [5, 5.41) is 0. The Morgan fingerprint density at radius 2 is 1.81 bits per heavy atom. The van der Waals surface area contributed by atoms with Crippen molar-refractivity contribution in [3.8, 4) is 0 Å². The van der Waals surface area contributed by atoms with Crippen molar-refractivity contribution >= 4 is 11.8 Å². The van der Waals surface area contributed by atoms with Gasteiger partial charge in [0.1, 0.15) is 0 Å². The molecular formula is C11H10F2O3. The van der Waals surface area contributed by atoms with Gasteiger partial charge in [-0.15, -0.1) is 0 Å². The van der Waals surface area contributed by atoms with Gasteiger partial charge in [-0.2, -0.15) is 0 Å². The highest BCUT2D eigenvalue weighted by atomic mass is 19.2. The molecule has 0 bridgehead atoms. The maximum atomic E-state index is 12.9. The molecule has 0 heterocycles. The minimum absolute atomic E-state index is 0.00991. The molecule has 0 aromatic heterocycles. The maximum absolute atomic E-state index is 12.9. The molecule has 0 amide bonds. The lowest BCUT2D eigenvalue weighted by Crippen LogP contribution is -2.10. The molecule has 1 rings (SSSR count). The van der Waals surface area contributed by atoms with Crippen LogP contribution in [0.5, 0.6) is 0 Å². The van der Waals surface area contributed by atoms with Crippen molar-refractivity contribution in [1.82, 2.24) is 0 Å². The van der Waals surface area contributed by atoms with Crippen LogP contribution in [0.2, 0.25) is 0 Å². The largest absolute Gasteiger partial charge is 0.469 e. The van der Waals surface area contributed by atoms with Crippen LogP contribution in [0.1, 0.15) is 22.8 Å². The SMILES string of the molecule is COC(=O)Cc1cc(F)c(F)cc1C(C)=O. The Morgan fingerprint density at radius 1 is 1.25 bits per heavy atom.